The Morgan fingerprint density at radius 3 is 3.17 bits per heavy atom. The molecule has 0 spiro atoms. The Bertz CT molecular complexity index is 272. The Morgan fingerprint density at radius 2 is 2.58 bits per heavy atom. The van der Waals surface area contributed by atoms with Crippen LogP contribution in [0, 0.1) is 0 Å². The first kappa shape index (κ1) is 9.57. The molecule has 0 aliphatic carbocycles. The molecule has 0 atom stereocenters. The highest BCUT2D eigenvalue weighted by Gasteiger charge is 2.08. The number of hydrogen-bond donors (Lipinski definition) is 1. The molecule has 1 rings (SSSR count). The van der Waals surface area contributed by atoms with E-state index >= 15 is 0 Å². The van der Waals surface area contributed by atoms with Gasteiger partial charge in [0, 0.05) is 16.2 Å². The predicted octanol–water partition coefficient (Wildman–Crippen LogP) is 1.54. The zero-order chi connectivity index (χ0) is 8.97. The number of thioether (sulfide) groups is 1. The number of thiophene rings is 1. The molecular weight excluding hydrogens is 194 g/mol. The molecule has 0 saturated carbocycles. The topological polar surface area (TPSA) is 52.3 Å². The van der Waals surface area contributed by atoms with E-state index in [9.17, 15) is 4.79 Å². The number of carbonyl (C=O) groups excluding carboxylic acids is 1. The van der Waals surface area contributed by atoms with Crippen molar-refractivity contribution in [2.45, 2.75) is 4.90 Å². The standard InChI is InChI=1S/C7H9NO2S2/c1-10-7(9)6-2-5(3-11-6)12-4-8/h2-3H,4,8H2,1H3. The van der Waals surface area contributed by atoms with Crippen LogP contribution in [-0.2, 0) is 4.74 Å². The van der Waals surface area contributed by atoms with Crippen LogP contribution in [0.2, 0.25) is 0 Å². The molecule has 0 radical (unpaired) electrons. The van der Waals surface area contributed by atoms with Gasteiger partial charge in [-0.05, 0) is 6.07 Å². The van der Waals surface area contributed by atoms with Gasteiger partial charge in [0.15, 0.2) is 0 Å². The molecule has 0 amide bonds. The number of rotatable bonds is 3. The summed E-state index contributed by atoms with van der Waals surface area (Å²) in [5.41, 5.74) is 5.33. The smallest absolute Gasteiger partial charge is 0.348 e. The highest BCUT2D eigenvalue weighted by molar-refractivity contribution is 7.99. The Kier molecular flexibility index (Phi) is 3.58. The maximum atomic E-state index is 11.0. The van der Waals surface area contributed by atoms with Crippen LogP contribution >= 0.6 is 23.1 Å². The fourth-order valence-corrected chi connectivity index (χ4v) is 2.27. The van der Waals surface area contributed by atoms with E-state index in [1.54, 1.807) is 6.07 Å². The molecule has 2 N–H and O–H groups in total. The van der Waals surface area contributed by atoms with Crippen molar-refractivity contribution in [3.8, 4) is 0 Å². The molecule has 0 bridgehead atoms. The molecule has 0 unspecified atom stereocenters. The minimum absolute atomic E-state index is 0.288. The van der Waals surface area contributed by atoms with Gasteiger partial charge in [0.25, 0.3) is 0 Å². The van der Waals surface area contributed by atoms with E-state index in [0.717, 1.165) is 4.90 Å². The largest absolute Gasteiger partial charge is 0.465 e. The van der Waals surface area contributed by atoms with Crippen molar-refractivity contribution >= 4 is 29.1 Å². The Labute approximate surface area is 78.9 Å². The molecule has 5 heteroatoms. The number of esters is 1. The van der Waals surface area contributed by atoms with Gasteiger partial charge in [-0.25, -0.2) is 4.79 Å². The molecule has 0 aromatic carbocycles. The van der Waals surface area contributed by atoms with Gasteiger partial charge in [0.05, 0.1) is 7.11 Å². The molecule has 1 aromatic rings. The third-order valence-electron chi connectivity index (χ3n) is 1.21. The normalized spacial score (nSPS) is 9.83. The van der Waals surface area contributed by atoms with Crippen molar-refractivity contribution in [1.29, 1.82) is 0 Å². The summed E-state index contributed by atoms with van der Waals surface area (Å²) in [7, 11) is 1.37. The number of methoxy groups -OCH3 is 1. The van der Waals surface area contributed by atoms with Gasteiger partial charge in [0.1, 0.15) is 4.88 Å². The van der Waals surface area contributed by atoms with Crippen LogP contribution in [0.5, 0.6) is 0 Å². The van der Waals surface area contributed by atoms with E-state index in [2.05, 4.69) is 4.74 Å². The van der Waals surface area contributed by atoms with Crippen LogP contribution in [0.15, 0.2) is 16.3 Å². The number of hydrogen-bond acceptors (Lipinski definition) is 5. The average Bonchev–Trinajstić information content (AvgIpc) is 2.52. The van der Waals surface area contributed by atoms with Crippen molar-refractivity contribution in [3.63, 3.8) is 0 Å². The summed E-state index contributed by atoms with van der Waals surface area (Å²) >= 11 is 2.88. The first-order chi connectivity index (χ1) is 5.77. The van der Waals surface area contributed by atoms with Crippen LogP contribution in [-0.4, -0.2) is 19.0 Å². The molecule has 0 aliphatic rings. The van der Waals surface area contributed by atoms with Gasteiger partial charge in [0.2, 0.25) is 0 Å². The Balaban J connectivity index is 2.70. The minimum atomic E-state index is -0.288. The van der Waals surface area contributed by atoms with Gasteiger partial charge < -0.3 is 10.5 Å². The first-order valence-electron chi connectivity index (χ1n) is 3.27. The first-order valence-corrected chi connectivity index (χ1v) is 5.14. The molecule has 0 saturated heterocycles. The van der Waals surface area contributed by atoms with Crippen molar-refractivity contribution in [2.75, 3.05) is 13.0 Å². The van der Waals surface area contributed by atoms with E-state index in [0.29, 0.717) is 10.8 Å². The zero-order valence-corrected chi connectivity index (χ0v) is 8.21. The van der Waals surface area contributed by atoms with Gasteiger partial charge in [-0.2, -0.15) is 0 Å². The lowest BCUT2D eigenvalue weighted by Crippen LogP contribution is -1.97. The summed E-state index contributed by atoms with van der Waals surface area (Å²) < 4.78 is 4.56. The summed E-state index contributed by atoms with van der Waals surface area (Å²) in [6, 6.07) is 1.79. The Morgan fingerprint density at radius 1 is 1.83 bits per heavy atom. The number of nitrogens with two attached hydrogens (primary N) is 1. The average molecular weight is 203 g/mol. The lowest BCUT2D eigenvalue weighted by atomic mass is 10.5. The third-order valence-corrected chi connectivity index (χ3v) is 3.01. The molecule has 12 heavy (non-hydrogen) atoms. The molecule has 1 heterocycles. The van der Waals surface area contributed by atoms with E-state index in [1.165, 1.54) is 30.2 Å². The van der Waals surface area contributed by atoms with Crippen molar-refractivity contribution in [2.24, 2.45) is 5.73 Å². The van der Waals surface area contributed by atoms with Gasteiger partial charge in [-0.1, -0.05) is 0 Å². The summed E-state index contributed by atoms with van der Waals surface area (Å²) in [5, 5.41) is 1.89. The highest BCUT2D eigenvalue weighted by atomic mass is 32.2. The summed E-state index contributed by atoms with van der Waals surface area (Å²) in [5.74, 6) is 0.237. The maximum absolute atomic E-state index is 11.0. The van der Waals surface area contributed by atoms with Crippen LogP contribution < -0.4 is 5.73 Å². The summed E-state index contributed by atoms with van der Waals surface area (Å²) in [6.07, 6.45) is 0. The molecular formula is C7H9NO2S2. The Hall–Kier alpha value is -0.520. The predicted molar refractivity (Wildman–Crippen MR) is 50.6 cm³/mol. The number of ether oxygens (including phenoxy) is 1. The summed E-state index contributed by atoms with van der Waals surface area (Å²) in [6.45, 7) is 0. The second-order valence-corrected chi connectivity index (χ2v) is 3.95. The van der Waals surface area contributed by atoms with Crippen molar-refractivity contribution in [3.05, 3.63) is 16.3 Å². The highest BCUT2D eigenvalue weighted by Crippen LogP contribution is 2.23. The van der Waals surface area contributed by atoms with E-state index in [1.807, 2.05) is 5.38 Å². The quantitative estimate of drug-likeness (QED) is 0.460. The second kappa shape index (κ2) is 4.49. The van der Waals surface area contributed by atoms with Crippen molar-refractivity contribution < 1.29 is 9.53 Å². The molecule has 1 aromatic heterocycles. The zero-order valence-electron chi connectivity index (χ0n) is 6.57. The van der Waals surface area contributed by atoms with Crippen LogP contribution in [0.1, 0.15) is 9.67 Å². The van der Waals surface area contributed by atoms with Crippen LogP contribution in [0.25, 0.3) is 0 Å². The maximum Gasteiger partial charge on any atom is 0.348 e. The van der Waals surface area contributed by atoms with Crippen LogP contribution in [0.4, 0.5) is 0 Å². The minimum Gasteiger partial charge on any atom is -0.465 e. The fraction of sp³-hybridized carbons (Fsp3) is 0.286. The lowest BCUT2D eigenvalue weighted by molar-refractivity contribution is 0.0606. The van der Waals surface area contributed by atoms with E-state index < -0.39 is 0 Å². The van der Waals surface area contributed by atoms with E-state index in [4.69, 9.17) is 5.73 Å². The van der Waals surface area contributed by atoms with Gasteiger partial charge >= 0.3 is 5.97 Å². The number of carbonyl (C=O) groups is 1. The van der Waals surface area contributed by atoms with Gasteiger partial charge in [-0.3, -0.25) is 0 Å². The fourth-order valence-electron chi connectivity index (χ4n) is 0.698. The second-order valence-electron chi connectivity index (χ2n) is 1.95. The molecule has 3 nitrogen and oxygen atoms in total. The van der Waals surface area contributed by atoms with E-state index in [-0.39, 0.29) is 5.97 Å². The molecule has 0 aliphatic heterocycles. The van der Waals surface area contributed by atoms with Crippen LogP contribution in [0.3, 0.4) is 0 Å². The monoisotopic (exact) mass is 203 g/mol. The summed E-state index contributed by atoms with van der Waals surface area (Å²) in [4.78, 5) is 12.6. The molecule has 0 fully saturated rings. The van der Waals surface area contributed by atoms with Gasteiger partial charge in [-0.15, -0.1) is 23.1 Å². The lowest BCUT2D eigenvalue weighted by Gasteiger charge is -1.92. The van der Waals surface area contributed by atoms with Crippen molar-refractivity contribution in [1.82, 2.24) is 0 Å². The third kappa shape index (κ3) is 2.23. The SMILES string of the molecule is COC(=O)c1cc(SCN)cs1. The molecule has 66 valence electrons.